The monoisotopic (exact) mass is 492 g/mol. The number of rotatable bonds is 6. The van der Waals surface area contributed by atoms with Crippen molar-refractivity contribution in [2.24, 2.45) is 0 Å². The Labute approximate surface area is 214 Å². The zero-order valence-electron chi connectivity index (χ0n) is 21.9. The van der Waals surface area contributed by atoms with Gasteiger partial charge in [-0.05, 0) is 69.3 Å². The predicted octanol–water partition coefficient (Wildman–Crippen LogP) is 4.02. The molecule has 0 spiro atoms. The number of likely N-dealkylation sites (N-methyl/N-ethyl adjacent to an activating group) is 1. The highest BCUT2D eigenvalue weighted by atomic mass is 16.6. The van der Waals surface area contributed by atoms with E-state index in [1.807, 2.05) is 13.1 Å². The number of aromatic nitrogens is 2. The Morgan fingerprint density at radius 2 is 1.92 bits per heavy atom. The lowest BCUT2D eigenvalue weighted by Crippen LogP contribution is -2.44. The maximum Gasteiger partial charge on any atom is 0.224 e. The van der Waals surface area contributed by atoms with E-state index in [-0.39, 0.29) is 12.3 Å². The minimum absolute atomic E-state index is 0.0146. The molecule has 2 saturated heterocycles. The van der Waals surface area contributed by atoms with Gasteiger partial charge in [0.1, 0.15) is 11.9 Å². The second kappa shape index (κ2) is 9.47. The number of fused-ring (bicyclic) bond motifs is 5. The van der Waals surface area contributed by atoms with Gasteiger partial charge in [-0.1, -0.05) is 19.4 Å². The third-order valence-electron chi connectivity index (χ3n) is 8.50. The van der Waals surface area contributed by atoms with Crippen molar-refractivity contribution in [1.29, 1.82) is 0 Å². The number of aliphatic hydroxyl groups is 1. The van der Waals surface area contributed by atoms with Crippen LogP contribution in [0.5, 0.6) is 0 Å². The van der Waals surface area contributed by atoms with Crippen LogP contribution in [0.25, 0.3) is 11.1 Å². The molecule has 2 atom stereocenters. The van der Waals surface area contributed by atoms with Gasteiger partial charge in [0.15, 0.2) is 6.23 Å². The molecule has 1 aromatic heterocycles. The molecule has 0 radical (unpaired) electrons. The summed E-state index contributed by atoms with van der Waals surface area (Å²) < 4.78 is 6.41. The fraction of sp³-hybridized carbons (Fsp3) is 0.643. The molecule has 36 heavy (non-hydrogen) atoms. The van der Waals surface area contributed by atoms with Crippen LogP contribution in [0.1, 0.15) is 64.0 Å². The summed E-state index contributed by atoms with van der Waals surface area (Å²) in [7, 11) is 2.19. The highest BCUT2D eigenvalue weighted by Crippen LogP contribution is 2.54. The van der Waals surface area contributed by atoms with E-state index in [1.165, 1.54) is 16.8 Å². The summed E-state index contributed by atoms with van der Waals surface area (Å²) >= 11 is 0. The van der Waals surface area contributed by atoms with Gasteiger partial charge in [-0.15, -0.1) is 0 Å². The molecule has 4 heterocycles. The zero-order chi connectivity index (χ0) is 24.9. The lowest BCUT2D eigenvalue weighted by molar-refractivity contribution is 0.0162. The van der Waals surface area contributed by atoms with E-state index in [4.69, 9.17) is 14.7 Å². The summed E-state index contributed by atoms with van der Waals surface area (Å²) in [6.45, 7) is 9.29. The second-order valence-corrected chi connectivity index (χ2v) is 11.4. The molecule has 1 saturated carbocycles. The first-order chi connectivity index (χ1) is 17.4. The summed E-state index contributed by atoms with van der Waals surface area (Å²) in [6.07, 6.45) is 7.72. The van der Waals surface area contributed by atoms with Gasteiger partial charge in [-0.25, -0.2) is 4.98 Å². The van der Waals surface area contributed by atoms with E-state index in [1.54, 1.807) is 0 Å². The van der Waals surface area contributed by atoms with Crippen LogP contribution in [0, 0.1) is 0 Å². The topological polar surface area (TPSA) is 80.3 Å². The standard InChI is InChI=1S/C28H40N6O2/c1-4-5-12-29-27-30-18-23-21-7-6-20(33-15-13-32(3)14-16-33)17-22(21)24-26(36-24)34(25(23)31-27)19-8-10-28(2,35)11-9-19/h6-7,17-19,24,26,35H,4-5,8-16H2,1-3H3,(H,29,30,31). The number of anilines is 3. The Balaban J connectivity index is 1.37. The minimum atomic E-state index is -0.575. The summed E-state index contributed by atoms with van der Waals surface area (Å²) in [5, 5.41) is 14.0. The number of unbranched alkanes of at least 4 members (excludes halogenated alkanes) is 1. The van der Waals surface area contributed by atoms with Crippen LogP contribution >= 0.6 is 0 Å². The largest absolute Gasteiger partial charge is 0.390 e. The molecule has 3 fully saturated rings. The van der Waals surface area contributed by atoms with E-state index in [9.17, 15) is 5.11 Å². The van der Waals surface area contributed by atoms with Crippen LogP contribution in [-0.2, 0) is 4.74 Å². The van der Waals surface area contributed by atoms with Gasteiger partial charge in [-0.3, -0.25) is 0 Å². The van der Waals surface area contributed by atoms with E-state index < -0.39 is 5.60 Å². The maximum atomic E-state index is 10.6. The van der Waals surface area contributed by atoms with E-state index in [2.05, 4.69) is 52.2 Å². The Bertz CT molecular complexity index is 1090. The third-order valence-corrected chi connectivity index (χ3v) is 8.50. The summed E-state index contributed by atoms with van der Waals surface area (Å²) in [4.78, 5) is 17.1. The van der Waals surface area contributed by atoms with Crippen molar-refractivity contribution in [3.8, 4) is 11.1 Å². The molecule has 3 aliphatic heterocycles. The fourth-order valence-electron chi connectivity index (χ4n) is 6.06. The first-order valence-electron chi connectivity index (χ1n) is 13.8. The van der Waals surface area contributed by atoms with Gasteiger partial charge >= 0.3 is 0 Å². The smallest absolute Gasteiger partial charge is 0.224 e. The third kappa shape index (κ3) is 4.55. The van der Waals surface area contributed by atoms with Crippen molar-refractivity contribution in [2.75, 3.05) is 54.9 Å². The van der Waals surface area contributed by atoms with Crippen molar-refractivity contribution >= 4 is 17.5 Å². The average Bonchev–Trinajstić information content (AvgIpc) is 3.67. The highest BCUT2D eigenvalue weighted by molar-refractivity contribution is 5.82. The quantitative estimate of drug-likeness (QED) is 0.462. The summed E-state index contributed by atoms with van der Waals surface area (Å²) in [5.41, 5.74) is 4.22. The number of benzene rings is 1. The van der Waals surface area contributed by atoms with Gasteiger partial charge in [0.05, 0.1) is 5.60 Å². The molecule has 2 N–H and O–H groups in total. The second-order valence-electron chi connectivity index (χ2n) is 11.4. The molecule has 0 bridgehead atoms. The molecule has 1 aromatic carbocycles. The minimum Gasteiger partial charge on any atom is -0.390 e. The lowest BCUT2D eigenvalue weighted by atomic mass is 9.83. The van der Waals surface area contributed by atoms with Crippen molar-refractivity contribution in [3.63, 3.8) is 0 Å². The van der Waals surface area contributed by atoms with Crippen molar-refractivity contribution < 1.29 is 9.84 Å². The normalized spacial score (nSPS) is 29.7. The number of epoxide rings is 1. The molecular formula is C28H40N6O2. The van der Waals surface area contributed by atoms with E-state index in [0.717, 1.165) is 82.6 Å². The van der Waals surface area contributed by atoms with Crippen molar-refractivity contribution in [1.82, 2.24) is 14.9 Å². The molecule has 2 aromatic rings. The van der Waals surface area contributed by atoms with E-state index >= 15 is 0 Å². The molecule has 0 amide bonds. The highest BCUT2D eigenvalue weighted by Gasteiger charge is 2.52. The number of nitrogens with one attached hydrogen (secondary N) is 1. The molecule has 6 rings (SSSR count). The zero-order valence-corrected chi connectivity index (χ0v) is 21.9. The van der Waals surface area contributed by atoms with Crippen LogP contribution in [0.4, 0.5) is 17.5 Å². The van der Waals surface area contributed by atoms with Gasteiger partial charge in [0.25, 0.3) is 0 Å². The lowest BCUT2D eigenvalue weighted by Gasteiger charge is -2.39. The first-order valence-corrected chi connectivity index (χ1v) is 13.8. The van der Waals surface area contributed by atoms with Crippen LogP contribution < -0.4 is 15.1 Å². The Kier molecular flexibility index (Phi) is 6.30. The molecule has 4 aliphatic rings. The Hall–Kier alpha value is -2.42. The van der Waals surface area contributed by atoms with Gasteiger partial charge in [-0.2, -0.15) is 4.98 Å². The number of piperazine rings is 1. The maximum absolute atomic E-state index is 10.6. The molecule has 8 heteroatoms. The average molecular weight is 493 g/mol. The molecular weight excluding hydrogens is 452 g/mol. The van der Waals surface area contributed by atoms with Crippen LogP contribution in [0.15, 0.2) is 24.4 Å². The van der Waals surface area contributed by atoms with Gasteiger partial charge in [0, 0.05) is 56.2 Å². The van der Waals surface area contributed by atoms with Crippen molar-refractivity contribution in [3.05, 3.63) is 30.0 Å². The van der Waals surface area contributed by atoms with Crippen LogP contribution in [0.2, 0.25) is 0 Å². The predicted molar refractivity (Wildman–Crippen MR) is 144 cm³/mol. The molecule has 2 unspecified atom stereocenters. The van der Waals surface area contributed by atoms with Gasteiger partial charge in [0.2, 0.25) is 5.95 Å². The Morgan fingerprint density at radius 3 is 2.67 bits per heavy atom. The number of hydrogen-bond donors (Lipinski definition) is 2. The van der Waals surface area contributed by atoms with Crippen LogP contribution in [-0.4, -0.2) is 77.6 Å². The first kappa shape index (κ1) is 23.9. The van der Waals surface area contributed by atoms with Crippen LogP contribution in [0.3, 0.4) is 0 Å². The Morgan fingerprint density at radius 1 is 1.14 bits per heavy atom. The number of nitrogens with zero attached hydrogens (tertiary/aromatic N) is 5. The van der Waals surface area contributed by atoms with Crippen molar-refractivity contribution in [2.45, 2.75) is 76.3 Å². The van der Waals surface area contributed by atoms with E-state index in [0.29, 0.717) is 12.0 Å². The SMILES string of the molecule is CCCCNc1ncc2c(n1)N(C1CCC(C)(O)CC1)C1OC1c1cc(N3CCN(C)CC3)ccc1-2. The molecule has 194 valence electrons. The molecule has 8 nitrogen and oxygen atoms in total. The fourth-order valence-corrected chi connectivity index (χ4v) is 6.06. The summed E-state index contributed by atoms with van der Waals surface area (Å²) in [5.74, 6) is 1.65. The number of ether oxygens (including phenoxy) is 1. The summed E-state index contributed by atoms with van der Waals surface area (Å²) in [6, 6.07) is 7.15. The van der Waals surface area contributed by atoms with Gasteiger partial charge < -0.3 is 29.9 Å². The molecule has 1 aliphatic carbocycles. The number of hydrogen-bond acceptors (Lipinski definition) is 8.